The van der Waals surface area contributed by atoms with E-state index in [4.69, 9.17) is 34.8 Å². The van der Waals surface area contributed by atoms with Gasteiger partial charge in [0.05, 0.1) is 10.6 Å². The van der Waals surface area contributed by atoms with Gasteiger partial charge in [-0.05, 0) is 54.8 Å². The molecule has 0 aliphatic rings. The molecule has 3 aromatic rings. The maximum atomic E-state index is 14.1. The van der Waals surface area contributed by atoms with E-state index in [9.17, 15) is 18.0 Å². The first-order chi connectivity index (χ1) is 19.1. The van der Waals surface area contributed by atoms with Gasteiger partial charge in [0.1, 0.15) is 12.6 Å². The maximum absolute atomic E-state index is 14.1. The summed E-state index contributed by atoms with van der Waals surface area (Å²) in [6, 6.07) is 18.2. The Morgan fingerprint density at radius 1 is 0.900 bits per heavy atom. The molecule has 2 amide bonds. The van der Waals surface area contributed by atoms with E-state index in [1.807, 2.05) is 6.92 Å². The van der Waals surface area contributed by atoms with Gasteiger partial charge in [-0.1, -0.05) is 91.5 Å². The Balaban J connectivity index is 2.07. The number of carbonyl (C=O) groups excluding carboxylic acids is 2. The molecular formula is C29H32Cl3N3O4S. The molecule has 0 saturated heterocycles. The number of sulfonamides is 1. The minimum Gasteiger partial charge on any atom is -0.354 e. The summed E-state index contributed by atoms with van der Waals surface area (Å²) in [6.07, 6.45) is 2.00. The van der Waals surface area contributed by atoms with Crippen LogP contribution in [0.2, 0.25) is 15.1 Å². The van der Waals surface area contributed by atoms with Crippen molar-refractivity contribution in [1.29, 1.82) is 0 Å². The van der Waals surface area contributed by atoms with Crippen molar-refractivity contribution in [3.63, 3.8) is 0 Å². The Labute approximate surface area is 251 Å². The summed E-state index contributed by atoms with van der Waals surface area (Å²) in [5.41, 5.74) is 0.744. The number of rotatable bonds is 13. The fraction of sp³-hybridized carbons (Fsp3) is 0.310. The third kappa shape index (κ3) is 8.13. The first-order valence-corrected chi connectivity index (χ1v) is 15.5. The van der Waals surface area contributed by atoms with E-state index >= 15 is 0 Å². The van der Waals surface area contributed by atoms with Crippen LogP contribution in [0.15, 0.2) is 77.7 Å². The van der Waals surface area contributed by atoms with Crippen LogP contribution < -0.4 is 9.62 Å². The third-order valence-electron chi connectivity index (χ3n) is 6.26. The highest BCUT2D eigenvalue weighted by Crippen LogP contribution is 2.30. The molecule has 7 nitrogen and oxygen atoms in total. The van der Waals surface area contributed by atoms with Gasteiger partial charge in [-0.3, -0.25) is 13.9 Å². The molecule has 11 heteroatoms. The number of benzene rings is 3. The van der Waals surface area contributed by atoms with Crippen molar-refractivity contribution in [3.8, 4) is 0 Å². The Kier molecular flexibility index (Phi) is 11.7. The third-order valence-corrected chi connectivity index (χ3v) is 8.85. The van der Waals surface area contributed by atoms with Gasteiger partial charge in [-0.25, -0.2) is 8.42 Å². The van der Waals surface area contributed by atoms with E-state index in [-0.39, 0.29) is 33.1 Å². The lowest BCUT2D eigenvalue weighted by molar-refractivity contribution is -0.140. The molecule has 0 unspecified atom stereocenters. The molecule has 0 aromatic heterocycles. The van der Waals surface area contributed by atoms with E-state index in [1.54, 1.807) is 49.4 Å². The average Bonchev–Trinajstić information content (AvgIpc) is 2.92. The first kappa shape index (κ1) is 31.7. The Hall–Kier alpha value is -2.78. The van der Waals surface area contributed by atoms with Gasteiger partial charge >= 0.3 is 0 Å². The van der Waals surface area contributed by atoms with Crippen LogP contribution in [-0.2, 0) is 26.2 Å². The summed E-state index contributed by atoms with van der Waals surface area (Å²) in [5, 5.41) is 3.73. The second-order valence-electron chi connectivity index (χ2n) is 9.13. The molecule has 214 valence electrons. The van der Waals surface area contributed by atoms with Crippen molar-refractivity contribution in [2.75, 3.05) is 17.4 Å². The van der Waals surface area contributed by atoms with E-state index in [0.29, 0.717) is 23.6 Å². The molecule has 0 aliphatic heterocycles. The lowest BCUT2D eigenvalue weighted by Crippen LogP contribution is -2.52. The largest absolute Gasteiger partial charge is 0.354 e. The highest BCUT2D eigenvalue weighted by atomic mass is 35.5. The maximum Gasteiger partial charge on any atom is 0.264 e. The van der Waals surface area contributed by atoms with Crippen LogP contribution >= 0.6 is 34.8 Å². The van der Waals surface area contributed by atoms with Crippen LogP contribution in [0.5, 0.6) is 0 Å². The number of anilines is 1. The van der Waals surface area contributed by atoms with Crippen LogP contribution in [0.4, 0.5) is 5.69 Å². The number of hydrogen-bond acceptors (Lipinski definition) is 4. The van der Waals surface area contributed by atoms with E-state index in [0.717, 1.165) is 17.1 Å². The molecule has 0 heterocycles. The molecule has 1 atom stereocenters. The molecule has 3 rings (SSSR count). The highest BCUT2D eigenvalue weighted by molar-refractivity contribution is 7.92. The zero-order chi connectivity index (χ0) is 29.3. The zero-order valence-electron chi connectivity index (χ0n) is 22.3. The van der Waals surface area contributed by atoms with E-state index in [2.05, 4.69) is 5.32 Å². The predicted octanol–water partition coefficient (Wildman–Crippen LogP) is 6.57. The van der Waals surface area contributed by atoms with Gasteiger partial charge in [0.15, 0.2) is 0 Å². The fourth-order valence-electron chi connectivity index (χ4n) is 4.17. The molecule has 3 aromatic carbocycles. The number of nitrogens with zero attached hydrogens (tertiary/aromatic N) is 2. The predicted molar refractivity (Wildman–Crippen MR) is 161 cm³/mol. The van der Waals surface area contributed by atoms with Gasteiger partial charge < -0.3 is 10.2 Å². The lowest BCUT2D eigenvalue weighted by atomic mass is 10.1. The fourth-order valence-corrected chi connectivity index (χ4v) is 6.30. The molecule has 0 radical (unpaired) electrons. The van der Waals surface area contributed by atoms with Crippen molar-refractivity contribution < 1.29 is 18.0 Å². The number of unbranched alkanes of at least 4 members (excludes halogenated alkanes) is 1. The van der Waals surface area contributed by atoms with Gasteiger partial charge in [-0.2, -0.15) is 0 Å². The molecular weight excluding hydrogens is 593 g/mol. The summed E-state index contributed by atoms with van der Waals surface area (Å²) in [5.74, 6) is -0.910. The van der Waals surface area contributed by atoms with Crippen LogP contribution in [0.1, 0.15) is 38.7 Å². The molecule has 0 bridgehead atoms. The summed E-state index contributed by atoms with van der Waals surface area (Å²) in [6.45, 7) is 3.69. The van der Waals surface area contributed by atoms with Gasteiger partial charge in [0.25, 0.3) is 10.0 Å². The topological polar surface area (TPSA) is 86.8 Å². The SMILES string of the molecule is CCCCNC(=O)[C@@H](CC)N(Cc1ccccc1Cl)C(=O)CN(c1cc(Cl)cc(Cl)c1)S(=O)(=O)c1ccccc1. The van der Waals surface area contributed by atoms with Crippen molar-refractivity contribution in [1.82, 2.24) is 10.2 Å². The normalized spacial score (nSPS) is 12.0. The first-order valence-electron chi connectivity index (χ1n) is 12.9. The standard InChI is InChI=1S/C29H32Cl3N3O4S/c1-3-5-15-33-29(37)27(4-2)34(19-21-11-9-10-14-26(21)32)28(36)20-35(24-17-22(30)16-23(31)18-24)40(38,39)25-12-7-6-8-13-25/h6-14,16-18,27H,3-5,15,19-20H2,1-2H3,(H,33,37)/t27-/m1/s1. The summed E-state index contributed by atoms with van der Waals surface area (Å²) in [4.78, 5) is 28.6. The molecule has 0 saturated carbocycles. The molecule has 40 heavy (non-hydrogen) atoms. The number of halogens is 3. The summed E-state index contributed by atoms with van der Waals surface area (Å²) in [7, 11) is -4.23. The number of carbonyl (C=O) groups is 2. The van der Waals surface area contributed by atoms with Crippen LogP contribution in [-0.4, -0.2) is 44.3 Å². The molecule has 1 N–H and O–H groups in total. The van der Waals surface area contributed by atoms with Crippen LogP contribution in [0.25, 0.3) is 0 Å². The minimum absolute atomic E-state index is 0.00768. The summed E-state index contributed by atoms with van der Waals surface area (Å²) < 4.78 is 28.6. The number of hydrogen-bond donors (Lipinski definition) is 1. The molecule has 0 fully saturated rings. The average molecular weight is 625 g/mol. The van der Waals surface area contributed by atoms with Crippen LogP contribution in [0, 0.1) is 0 Å². The highest BCUT2D eigenvalue weighted by Gasteiger charge is 2.34. The monoisotopic (exact) mass is 623 g/mol. The van der Waals surface area contributed by atoms with E-state index < -0.39 is 28.5 Å². The summed E-state index contributed by atoms with van der Waals surface area (Å²) >= 11 is 18.9. The Morgan fingerprint density at radius 2 is 1.52 bits per heavy atom. The second-order valence-corrected chi connectivity index (χ2v) is 12.3. The molecule has 0 spiro atoms. The van der Waals surface area contributed by atoms with Gasteiger partial charge in [-0.15, -0.1) is 0 Å². The Morgan fingerprint density at radius 3 is 2.12 bits per heavy atom. The zero-order valence-corrected chi connectivity index (χ0v) is 25.4. The van der Waals surface area contributed by atoms with Crippen molar-refractivity contribution in [2.24, 2.45) is 0 Å². The van der Waals surface area contributed by atoms with E-state index in [1.165, 1.54) is 35.2 Å². The van der Waals surface area contributed by atoms with Crippen molar-refractivity contribution in [3.05, 3.63) is 93.4 Å². The Bertz CT molecular complexity index is 1400. The smallest absolute Gasteiger partial charge is 0.264 e. The van der Waals surface area contributed by atoms with Gasteiger partial charge in [0.2, 0.25) is 11.8 Å². The number of amides is 2. The lowest BCUT2D eigenvalue weighted by Gasteiger charge is -2.33. The quantitative estimate of drug-likeness (QED) is 0.218. The van der Waals surface area contributed by atoms with Gasteiger partial charge in [0, 0.05) is 28.2 Å². The van der Waals surface area contributed by atoms with Crippen LogP contribution in [0.3, 0.4) is 0 Å². The number of nitrogens with one attached hydrogen (secondary N) is 1. The van der Waals surface area contributed by atoms with Crippen molar-refractivity contribution >= 4 is 62.3 Å². The molecule has 0 aliphatic carbocycles. The second kappa shape index (κ2) is 14.7. The van der Waals surface area contributed by atoms with Crippen molar-refractivity contribution in [2.45, 2.75) is 50.6 Å². The minimum atomic E-state index is -4.23.